The lowest BCUT2D eigenvalue weighted by Gasteiger charge is -2.62. The summed E-state index contributed by atoms with van der Waals surface area (Å²) in [6.45, 7) is 7.50. The fourth-order valence-electron chi connectivity index (χ4n) is 8.13. The third kappa shape index (κ3) is 2.34. The van der Waals surface area contributed by atoms with Gasteiger partial charge in [0.2, 0.25) is 0 Å². The third-order valence-electron chi connectivity index (χ3n) is 9.57. The van der Waals surface area contributed by atoms with E-state index in [1.54, 1.807) is 5.92 Å². The summed E-state index contributed by atoms with van der Waals surface area (Å²) < 4.78 is 0. The van der Waals surface area contributed by atoms with E-state index < -0.39 is 0 Å². The normalized spacial score (nSPS) is 54.3. The zero-order chi connectivity index (χ0) is 16.7. The van der Waals surface area contributed by atoms with Crippen LogP contribution >= 0.6 is 0 Å². The molecule has 0 aromatic heterocycles. The number of allylic oxidation sites excluding steroid dienone is 2. The molecule has 5 aliphatic carbocycles. The van der Waals surface area contributed by atoms with Gasteiger partial charge in [0.15, 0.2) is 0 Å². The minimum absolute atomic E-state index is 0. The Bertz CT molecular complexity index is 591. The zero-order valence-electron chi connectivity index (χ0n) is 16.1. The molecular weight excluding hydrogens is 311 g/mol. The van der Waals surface area contributed by atoms with Crippen molar-refractivity contribution in [3.05, 3.63) is 18.1 Å². The number of halogens is 1. The van der Waals surface area contributed by atoms with Crippen LogP contribution in [0.1, 0.15) is 72.1 Å². The van der Waals surface area contributed by atoms with E-state index in [1.807, 2.05) is 0 Å². The van der Waals surface area contributed by atoms with Crippen LogP contribution in [0.4, 0.5) is 4.70 Å². The van der Waals surface area contributed by atoms with E-state index in [4.69, 9.17) is 0 Å². The monoisotopic (exact) mass is 345 g/mol. The molecular formula is C23H34FO. The molecule has 0 amide bonds. The van der Waals surface area contributed by atoms with E-state index in [-0.39, 0.29) is 10.1 Å². The van der Waals surface area contributed by atoms with E-state index in [0.717, 1.165) is 36.0 Å². The maximum Gasteiger partial charge on any atom is 0.139 e. The van der Waals surface area contributed by atoms with Gasteiger partial charge in [0.1, 0.15) is 5.78 Å². The number of fused-ring (bicyclic) bond motifs is 5. The number of hydrogen-bond acceptors (Lipinski definition) is 1. The van der Waals surface area contributed by atoms with Crippen LogP contribution in [0.2, 0.25) is 0 Å². The van der Waals surface area contributed by atoms with Crippen LogP contribution in [0.25, 0.3) is 0 Å². The molecule has 1 radical (unpaired) electrons. The summed E-state index contributed by atoms with van der Waals surface area (Å²) >= 11 is 0. The molecule has 8 atom stereocenters. The second-order valence-corrected chi connectivity index (χ2v) is 10.4. The minimum atomic E-state index is 0. The van der Waals surface area contributed by atoms with Crippen molar-refractivity contribution in [3.8, 4) is 0 Å². The molecule has 5 aliphatic rings. The highest BCUT2D eigenvalue weighted by Gasteiger charge is 2.61. The van der Waals surface area contributed by atoms with Crippen molar-refractivity contribution in [1.82, 2.24) is 0 Å². The quantitative estimate of drug-likeness (QED) is 0.591. The standard InChI is InChI=1S/C23H33O.FH/c1-14-12-17-18-6-7-21(24)23(18,3)11-9-19(17)22(2)10-8-16(13-20(14)22)15-4-5-15;/h4-5,14,16-20H,6-13H2,1-3H3;1H/t14-,16?,17-,18-,19-,20+,22+,23-;/m0./s1. The Hall–Kier alpha value is -0.660. The molecule has 5 rings (SSSR count). The highest BCUT2D eigenvalue weighted by atomic mass is 19.0. The Morgan fingerprint density at radius 1 is 0.960 bits per heavy atom. The number of rotatable bonds is 1. The van der Waals surface area contributed by atoms with E-state index in [0.29, 0.717) is 17.1 Å². The summed E-state index contributed by atoms with van der Waals surface area (Å²) in [6, 6.07) is 0. The fourth-order valence-corrected chi connectivity index (χ4v) is 8.13. The van der Waals surface area contributed by atoms with E-state index in [1.165, 1.54) is 44.9 Å². The summed E-state index contributed by atoms with van der Waals surface area (Å²) in [5, 5.41) is 0. The molecule has 2 heteroatoms. The second kappa shape index (κ2) is 5.67. The van der Waals surface area contributed by atoms with Crippen LogP contribution in [-0.2, 0) is 4.79 Å². The molecule has 1 nitrogen and oxygen atoms in total. The van der Waals surface area contributed by atoms with Crippen LogP contribution in [0.5, 0.6) is 0 Å². The molecule has 139 valence electrons. The first-order valence-corrected chi connectivity index (χ1v) is 10.5. The Morgan fingerprint density at radius 2 is 1.72 bits per heavy atom. The van der Waals surface area contributed by atoms with Crippen molar-refractivity contribution in [2.24, 2.45) is 46.3 Å². The van der Waals surface area contributed by atoms with Crippen molar-refractivity contribution < 1.29 is 9.50 Å². The highest BCUT2D eigenvalue weighted by Crippen LogP contribution is 2.67. The maximum atomic E-state index is 12.6. The molecule has 1 unspecified atom stereocenters. The van der Waals surface area contributed by atoms with Gasteiger partial charge in [-0.3, -0.25) is 9.50 Å². The summed E-state index contributed by atoms with van der Waals surface area (Å²) in [7, 11) is 0. The number of ketones is 1. The molecule has 0 heterocycles. The predicted molar refractivity (Wildman–Crippen MR) is 99.7 cm³/mol. The lowest BCUT2D eigenvalue weighted by molar-refractivity contribution is -0.147. The molecule has 25 heavy (non-hydrogen) atoms. The largest absolute Gasteiger partial charge is 0.299 e. The summed E-state index contributed by atoms with van der Waals surface area (Å²) in [5.41, 5.74) is 0.580. The number of carbonyl (C=O) groups is 1. The summed E-state index contributed by atoms with van der Waals surface area (Å²) in [4.78, 5) is 12.6. The van der Waals surface area contributed by atoms with Crippen LogP contribution in [0.3, 0.4) is 0 Å². The molecule has 0 N–H and O–H groups in total. The second-order valence-electron chi connectivity index (χ2n) is 10.4. The molecule has 0 aromatic carbocycles. The first kappa shape index (κ1) is 17.7. The molecule has 0 aliphatic heterocycles. The average Bonchev–Trinajstić information content (AvgIpc) is 3.34. The third-order valence-corrected chi connectivity index (χ3v) is 9.57. The molecule has 0 spiro atoms. The van der Waals surface area contributed by atoms with Gasteiger partial charge in [0, 0.05) is 17.8 Å². The molecule has 4 saturated carbocycles. The van der Waals surface area contributed by atoms with Crippen LogP contribution in [-0.4, -0.2) is 5.78 Å². The topological polar surface area (TPSA) is 17.1 Å². The van der Waals surface area contributed by atoms with Gasteiger partial charge in [-0.2, -0.15) is 0 Å². The van der Waals surface area contributed by atoms with Gasteiger partial charge in [-0.15, -0.1) is 0 Å². The van der Waals surface area contributed by atoms with Crippen molar-refractivity contribution in [2.45, 2.75) is 72.1 Å². The van der Waals surface area contributed by atoms with E-state index in [2.05, 4.69) is 32.9 Å². The molecule has 0 aromatic rings. The minimum Gasteiger partial charge on any atom is -0.299 e. The lowest BCUT2D eigenvalue weighted by Crippen LogP contribution is -2.55. The van der Waals surface area contributed by atoms with E-state index >= 15 is 0 Å². The smallest absolute Gasteiger partial charge is 0.139 e. The predicted octanol–water partition coefficient (Wildman–Crippen LogP) is 5.76. The van der Waals surface area contributed by atoms with Crippen LogP contribution in [0.15, 0.2) is 12.2 Å². The lowest BCUT2D eigenvalue weighted by atomic mass is 9.42. The number of hydrogen-bond donors (Lipinski definition) is 0. The Labute approximate surface area is 152 Å². The molecule has 0 bridgehead atoms. The van der Waals surface area contributed by atoms with Gasteiger partial charge in [0.25, 0.3) is 0 Å². The SMILES string of the molecule is C[C@H]1C[C@@H]2[C@H](CC[C@]3(C)C(=O)CC[C@@H]23)[C@@]2(C)CCC([C]3C=C3)C[C@H]12.F. The highest BCUT2D eigenvalue weighted by molar-refractivity contribution is 5.87. The van der Waals surface area contributed by atoms with Gasteiger partial charge in [0.05, 0.1) is 0 Å². The number of Topliss-reactive ketones (excluding diaryl/α,β-unsaturated/α-hetero) is 1. The number of carbonyl (C=O) groups excluding carboxylic acids is 1. The maximum absolute atomic E-state index is 12.6. The fraction of sp³-hybridized carbons (Fsp3) is 0.826. The van der Waals surface area contributed by atoms with Gasteiger partial charge >= 0.3 is 0 Å². The van der Waals surface area contributed by atoms with Gasteiger partial charge < -0.3 is 0 Å². The average molecular weight is 346 g/mol. The summed E-state index contributed by atoms with van der Waals surface area (Å²) in [6.07, 6.45) is 14.9. The van der Waals surface area contributed by atoms with Crippen molar-refractivity contribution in [3.63, 3.8) is 0 Å². The van der Waals surface area contributed by atoms with Gasteiger partial charge in [-0.05, 0) is 85.9 Å². The molecule has 0 saturated heterocycles. The Morgan fingerprint density at radius 3 is 2.44 bits per heavy atom. The first-order valence-electron chi connectivity index (χ1n) is 10.5. The van der Waals surface area contributed by atoms with Crippen molar-refractivity contribution in [2.75, 3.05) is 0 Å². The van der Waals surface area contributed by atoms with Crippen molar-refractivity contribution >= 4 is 5.78 Å². The molecule has 4 fully saturated rings. The van der Waals surface area contributed by atoms with Crippen LogP contribution < -0.4 is 0 Å². The Kier molecular flexibility index (Phi) is 4.02. The zero-order valence-corrected chi connectivity index (χ0v) is 16.1. The summed E-state index contributed by atoms with van der Waals surface area (Å²) in [5.74, 6) is 7.28. The van der Waals surface area contributed by atoms with Gasteiger partial charge in [-0.1, -0.05) is 32.9 Å². The van der Waals surface area contributed by atoms with Crippen molar-refractivity contribution in [1.29, 1.82) is 0 Å². The van der Waals surface area contributed by atoms with Gasteiger partial charge in [-0.25, -0.2) is 0 Å². The van der Waals surface area contributed by atoms with Crippen LogP contribution in [0, 0.1) is 52.3 Å². The first-order chi connectivity index (χ1) is 11.4. The Balaban J connectivity index is 0.00000157. The van der Waals surface area contributed by atoms with E-state index in [9.17, 15) is 4.79 Å².